The maximum atomic E-state index is 12.2. The molecule has 0 amide bonds. The molecule has 0 spiro atoms. The Balaban J connectivity index is 1.84. The molecule has 1 aliphatic carbocycles. The Morgan fingerprint density at radius 3 is 2.94 bits per heavy atom. The maximum Gasteiger partial charge on any atom is 0.176 e. The highest BCUT2D eigenvalue weighted by Crippen LogP contribution is 2.34. The summed E-state index contributed by atoms with van der Waals surface area (Å²) >= 11 is 7.47. The molecule has 0 bridgehead atoms. The van der Waals surface area contributed by atoms with Crippen molar-refractivity contribution < 1.29 is 4.79 Å². The van der Waals surface area contributed by atoms with Crippen LogP contribution in [-0.4, -0.2) is 16.0 Å². The van der Waals surface area contributed by atoms with Crippen LogP contribution < -0.4 is 0 Å². The van der Waals surface area contributed by atoms with Crippen LogP contribution >= 0.6 is 23.4 Å². The summed E-state index contributed by atoms with van der Waals surface area (Å²) in [5.74, 6) is 0.178. The minimum atomic E-state index is -0.0756. The molecule has 2 nitrogen and oxygen atoms in total. The minimum Gasteiger partial charge on any atom is -0.293 e. The molecule has 0 saturated carbocycles. The number of hydrogen-bond donors (Lipinski definition) is 0. The second-order valence-electron chi connectivity index (χ2n) is 4.14. The van der Waals surface area contributed by atoms with Gasteiger partial charge in [0.15, 0.2) is 5.78 Å². The van der Waals surface area contributed by atoms with Gasteiger partial charge in [-0.2, -0.15) is 0 Å². The fraction of sp³-hybridized carbons (Fsp3) is 0.143. The lowest BCUT2D eigenvalue weighted by Gasteiger charge is -2.05. The van der Waals surface area contributed by atoms with Gasteiger partial charge < -0.3 is 0 Å². The lowest BCUT2D eigenvalue weighted by Crippen LogP contribution is -2.11. The molecule has 90 valence electrons. The van der Waals surface area contributed by atoms with Crippen molar-refractivity contribution in [3.63, 3.8) is 0 Å². The van der Waals surface area contributed by atoms with Crippen LogP contribution in [-0.2, 0) is 6.42 Å². The first kappa shape index (κ1) is 11.8. The topological polar surface area (TPSA) is 30.0 Å². The van der Waals surface area contributed by atoms with Crippen LogP contribution in [0.3, 0.4) is 0 Å². The van der Waals surface area contributed by atoms with Gasteiger partial charge in [-0.15, -0.1) is 0 Å². The zero-order valence-electron chi connectivity index (χ0n) is 9.47. The number of halogens is 1. The number of thioether (sulfide) groups is 1. The summed E-state index contributed by atoms with van der Waals surface area (Å²) < 4.78 is 0. The number of Topliss-reactive ketones (excluding diaryl/α,β-unsaturated/α-hetero) is 1. The lowest BCUT2D eigenvalue weighted by molar-refractivity contribution is 0.1000. The van der Waals surface area contributed by atoms with E-state index in [4.69, 9.17) is 11.6 Å². The maximum absolute atomic E-state index is 12.2. The van der Waals surface area contributed by atoms with Crippen molar-refractivity contribution in [2.45, 2.75) is 16.7 Å². The zero-order valence-corrected chi connectivity index (χ0v) is 11.0. The monoisotopic (exact) mass is 275 g/mol. The molecule has 1 atom stereocenters. The molecular weight excluding hydrogens is 266 g/mol. The summed E-state index contributed by atoms with van der Waals surface area (Å²) in [6.45, 7) is 0. The minimum absolute atomic E-state index is 0.0756. The number of ketones is 1. The smallest absolute Gasteiger partial charge is 0.176 e. The molecule has 0 radical (unpaired) electrons. The molecule has 4 heteroatoms. The number of carbonyl (C=O) groups excluding carboxylic acids is 1. The van der Waals surface area contributed by atoms with Gasteiger partial charge in [-0.25, -0.2) is 4.98 Å². The van der Waals surface area contributed by atoms with E-state index < -0.39 is 0 Å². The third-order valence-electron chi connectivity index (χ3n) is 2.93. The number of hydrogen-bond acceptors (Lipinski definition) is 3. The predicted molar refractivity (Wildman–Crippen MR) is 73.4 cm³/mol. The molecule has 0 fully saturated rings. The van der Waals surface area contributed by atoms with Crippen molar-refractivity contribution >= 4 is 29.1 Å². The molecule has 0 N–H and O–H groups in total. The first-order valence-corrected chi connectivity index (χ1v) is 6.90. The Bertz CT molecular complexity index is 600. The molecule has 2 aromatic rings. The van der Waals surface area contributed by atoms with E-state index in [2.05, 4.69) is 4.98 Å². The number of fused-ring (bicyclic) bond motifs is 1. The molecule has 0 saturated heterocycles. The third-order valence-corrected chi connectivity index (χ3v) is 4.31. The molecule has 1 aromatic heterocycles. The number of nitrogens with zero attached hydrogens (tertiary/aromatic N) is 1. The van der Waals surface area contributed by atoms with E-state index in [1.54, 1.807) is 12.3 Å². The Morgan fingerprint density at radius 2 is 2.17 bits per heavy atom. The molecule has 18 heavy (non-hydrogen) atoms. The number of aromatic nitrogens is 1. The van der Waals surface area contributed by atoms with Crippen LogP contribution in [0.2, 0.25) is 5.02 Å². The number of pyridine rings is 1. The Kier molecular flexibility index (Phi) is 3.10. The highest BCUT2D eigenvalue weighted by atomic mass is 35.5. The van der Waals surface area contributed by atoms with Crippen molar-refractivity contribution in [1.29, 1.82) is 0 Å². The summed E-state index contributed by atoms with van der Waals surface area (Å²) in [6, 6.07) is 11.2. The number of benzene rings is 1. The molecule has 1 heterocycles. The van der Waals surface area contributed by atoms with Crippen LogP contribution in [0, 0.1) is 0 Å². The van der Waals surface area contributed by atoms with Crippen molar-refractivity contribution in [2.75, 3.05) is 0 Å². The fourth-order valence-electron chi connectivity index (χ4n) is 2.10. The van der Waals surface area contributed by atoms with Crippen molar-refractivity contribution in [3.05, 3.63) is 58.7 Å². The summed E-state index contributed by atoms with van der Waals surface area (Å²) in [4.78, 5) is 16.5. The van der Waals surface area contributed by atoms with E-state index in [-0.39, 0.29) is 11.0 Å². The number of rotatable bonds is 2. The van der Waals surface area contributed by atoms with Gasteiger partial charge in [0, 0.05) is 16.8 Å². The quantitative estimate of drug-likeness (QED) is 0.838. The van der Waals surface area contributed by atoms with Crippen LogP contribution in [0.25, 0.3) is 0 Å². The first-order valence-electron chi connectivity index (χ1n) is 5.64. The van der Waals surface area contributed by atoms with Gasteiger partial charge in [0.25, 0.3) is 0 Å². The predicted octanol–water partition coefficient (Wildman–Crippen LogP) is 3.63. The van der Waals surface area contributed by atoms with Gasteiger partial charge >= 0.3 is 0 Å². The van der Waals surface area contributed by atoms with Gasteiger partial charge in [-0.05, 0) is 42.3 Å². The average Bonchev–Trinajstić information content (AvgIpc) is 2.67. The van der Waals surface area contributed by atoms with Crippen LogP contribution in [0.15, 0.2) is 47.6 Å². The third kappa shape index (κ3) is 2.16. The Hall–Kier alpha value is -1.32. The molecule has 0 aliphatic heterocycles. The fourth-order valence-corrected chi connectivity index (χ4v) is 3.36. The van der Waals surface area contributed by atoms with E-state index >= 15 is 0 Å². The summed E-state index contributed by atoms with van der Waals surface area (Å²) in [5, 5.41) is 1.49. The van der Waals surface area contributed by atoms with Crippen LogP contribution in [0.1, 0.15) is 15.9 Å². The average molecular weight is 276 g/mol. The highest BCUT2D eigenvalue weighted by Gasteiger charge is 2.31. The molecule has 1 unspecified atom stereocenters. The summed E-state index contributed by atoms with van der Waals surface area (Å²) in [6.07, 6.45) is 2.47. The van der Waals surface area contributed by atoms with E-state index in [1.165, 1.54) is 11.8 Å². The van der Waals surface area contributed by atoms with Gasteiger partial charge in [0.1, 0.15) is 0 Å². The van der Waals surface area contributed by atoms with E-state index in [0.717, 1.165) is 22.6 Å². The zero-order chi connectivity index (χ0) is 12.5. The molecule has 3 rings (SSSR count). The van der Waals surface area contributed by atoms with Crippen LogP contribution in [0.5, 0.6) is 0 Å². The van der Waals surface area contributed by atoms with E-state index in [1.807, 2.05) is 30.3 Å². The van der Waals surface area contributed by atoms with Gasteiger partial charge in [0.2, 0.25) is 0 Å². The van der Waals surface area contributed by atoms with Crippen molar-refractivity contribution in [2.24, 2.45) is 0 Å². The second kappa shape index (κ2) is 4.75. The van der Waals surface area contributed by atoms with E-state index in [0.29, 0.717) is 5.02 Å². The normalized spacial score (nSPS) is 17.8. The molecule has 1 aliphatic rings. The summed E-state index contributed by atoms with van der Waals surface area (Å²) in [7, 11) is 0. The Morgan fingerprint density at radius 1 is 1.28 bits per heavy atom. The SMILES string of the molecule is O=C1c2ccc(Cl)cc2CC1Sc1ccccn1. The highest BCUT2D eigenvalue weighted by molar-refractivity contribution is 8.00. The lowest BCUT2D eigenvalue weighted by atomic mass is 10.1. The van der Waals surface area contributed by atoms with E-state index in [9.17, 15) is 4.79 Å². The number of carbonyl (C=O) groups is 1. The largest absolute Gasteiger partial charge is 0.293 e. The van der Waals surface area contributed by atoms with Crippen LogP contribution in [0.4, 0.5) is 0 Å². The van der Waals surface area contributed by atoms with Gasteiger partial charge in [-0.1, -0.05) is 29.4 Å². The van der Waals surface area contributed by atoms with Crippen molar-refractivity contribution in [3.8, 4) is 0 Å². The standard InChI is InChI=1S/C14H10ClNOS/c15-10-4-5-11-9(7-10)8-12(14(11)17)18-13-3-1-2-6-16-13/h1-7,12H,8H2. The van der Waals surface area contributed by atoms with Crippen molar-refractivity contribution in [1.82, 2.24) is 4.98 Å². The second-order valence-corrected chi connectivity index (χ2v) is 5.80. The summed E-state index contributed by atoms with van der Waals surface area (Å²) in [5.41, 5.74) is 1.84. The molecule has 1 aromatic carbocycles. The van der Waals surface area contributed by atoms with Gasteiger partial charge in [-0.3, -0.25) is 4.79 Å². The molecular formula is C14H10ClNOS. The first-order chi connectivity index (χ1) is 8.74. The van der Waals surface area contributed by atoms with Gasteiger partial charge in [0.05, 0.1) is 10.3 Å². The Labute approximate surface area is 114 Å².